The molecule has 2 amide bonds. The topological polar surface area (TPSA) is 84.2 Å². The van der Waals surface area contributed by atoms with E-state index in [4.69, 9.17) is 16.1 Å². The first-order valence-electron chi connectivity index (χ1n) is 8.81. The Balaban J connectivity index is 1.67. The summed E-state index contributed by atoms with van der Waals surface area (Å²) in [6.07, 6.45) is 0.512. The molecule has 0 aliphatic heterocycles. The zero-order valence-electron chi connectivity index (χ0n) is 15.3. The first-order valence-corrected chi connectivity index (χ1v) is 9.19. The third-order valence-electron chi connectivity index (χ3n) is 4.19. The molecule has 1 heterocycles. The molecule has 2 N–H and O–H groups in total. The highest BCUT2D eigenvalue weighted by Crippen LogP contribution is 2.23. The summed E-state index contributed by atoms with van der Waals surface area (Å²) < 4.78 is 4.90. The van der Waals surface area contributed by atoms with Gasteiger partial charge in [-0.15, -0.1) is 0 Å². The Morgan fingerprint density at radius 2 is 1.82 bits per heavy atom. The molecule has 3 aromatic rings. The summed E-state index contributed by atoms with van der Waals surface area (Å²) >= 11 is 5.97. The number of benzene rings is 2. The summed E-state index contributed by atoms with van der Waals surface area (Å²) in [7, 11) is 0. The van der Waals surface area contributed by atoms with Gasteiger partial charge < -0.3 is 15.2 Å². The Morgan fingerprint density at radius 1 is 1.11 bits per heavy atom. The van der Waals surface area contributed by atoms with Gasteiger partial charge in [-0.1, -0.05) is 59.2 Å². The van der Waals surface area contributed by atoms with Crippen molar-refractivity contribution in [3.8, 4) is 0 Å². The maximum atomic E-state index is 12.8. The normalized spacial score (nSPS) is 11.6. The molecular weight excluding hydrogens is 378 g/mol. The van der Waals surface area contributed by atoms with Crippen LogP contribution in [0, 0.1) is 6.92 Å². The van der Waals surface area contributed by atoms with Crippen molar-refractivity contribution in [1.82, 2.24) is 10.5 Å². The Bertz CT molecular complexity index is 939. The summed E-state index contributed by atoms with van der Waals surface area (Å²) in [4.78, 5) is 24.9. The number of aromatic nitrogens is 1. The second-order valence-corrected chi connectivity index (χ2v) is 6.82. The van der Waals surface area contributed by atoms with Crippen LogP contribution in [-0.4, -0.2) is 23.5 Å². The third kappa shape index (κ3) is 5.44. The highest BCUT2D eigenvalue weighted by Gasteiger charge is 2.22. The zero-order chi connectivity index (χ0) is 19.9. The highest BCUT2D eigenvalue weighted by atomic mass is 35.5. The number of aryl methyl sites for hydroxylation is 1. The molecule has 0 bridgehead atoms. The van der Waals surface area contributed by atoms with Gasteiger partial charge in [-0.3, -0.25) is 9.59 Å². The van der Waals surface area contributed by atoms with Crippen LogP contribution in [0.2, 0.25) is 5.02 Å². The lowest BCUT2D eigenvalue weighted by molar-refractivity contribution is -0.125. The Labute approximate surface area is 167 Å². The number of halogens is 1. The van der Waals surface area contributed by atoms with Crippen molar-refractivity contribution in [3.05, 3.63) is 82.6 Å². The van der Waals surface area contributed by atoms with E-state index in [1.165, 1.54) is 0 Å². The zero-order valence-corrected chi connectivity index (χ0v) is 16.1. The van der Waals surface area contributed by atoms with Crippen LogP contribution in [-0.2, 0) is 16.0 Å². The van der Waals surface area contributed by atoms with E-state index in [1.807, 2.05) is 42.5 Å². The predicted octanol–water partition coefficient (Wildman–Crippen LogP) is 3.72. The van der Waals surface area contributed by atoms with Crippen molar-refractivity contribution >= 4 is 29.2 Å². The molecule has 3 rings (SSSR count). The van der Waals surface area contributed by atoms with Gasteiger partial charge in [0.1, 0.15) is 5.76 Å². The van der Waals surface area contributed by atoms with Gasteiger partial charge in [0.05, 0.1) is 12.5 Å². The fourth-order valence-electron chi connectivity index (χ4n) is 2.81. The molecule has 0 fully saturated rings. The number of hydrogen-bond donors (Lipinski definition) is 2. The summed E-state index contributed by atoms with van der Waals surface area (Å²) in [5.74, 6) is -0.157. The minimum atomic E-state index is -0.443. The van der Waals surface area contributed by atoms with Crippen molar-refractivity contribution in [3.63, 3.8) is 0 Å². The van der Waals surface area contributed by atoms with Gasteiger partial charge in [0.25, 0.3) is 0 Å². The fourth-order valence-corrected chi connectivity index (χ4v) is 2.94. The van der Waals surface area contributed by atoms with Crippen LogP contribution in [0.1, 0.15) is 22.8 Å². The predicted molar refractivity (Wildman–Crippen MR) is 107 cm³/mol. The quantitative estimate of drug-likeness (QED) is 0.636. The van der Waals surface area contributed by atoms with Crippen LogP contribution in [0.25, 0.3) is 0 Å². The largest absolute Gasteiger partial charge is 0.360 e. The number of amides is 2. The van der Waals surface area contributed by atoms with Gasteiger partial charge in [-0.2, -0.15) is 0 Å². The van der Waals surface area contributed by atoms with Crippen LogP contribution in [0.5, 0.6) is 0 Å². The standard InChI is InChI=1S/C21H20ClN3O3/c1-14-11-19(25-28-14)24-20(26)13-23-21(27)18(12-15-5-3-2-4-6-15)16-7-9-17(22)10-8-16/h2-11,18H,12-13H2,1H3,(H,23,27)(H,24,25,26). The van der Waals surface area contributed by atoms with Gasteiger partial charge in [0, 0.05) is 11.1 Å². The van der Waals surface area contributed by atoms with Gasteiger partial charge in [-0.05, 0) is 36.6 Å². The van der Waals surface area contributed by atoms with Crippen LogP contribution >= 0.6 is 11.6 Å². The third-order valence-corrected chi connectivity index (χ3v) is 4.44. The maximum Gasteiger partial charge on any atom is 0.245 e. The Morgan fingerprint density at radius 3 is 2.46 bits per heavy atom. The molecule has 0 saturated carbocycles. The number of hydrogen-bond acceptors (Lipinski definition) is 4. The molecule has 0 radical (unpaired) electrons. The molecule has 2 aromatic carbocycles. The lowest BCUT2D eigenvalue weighted by Gasteiger charge is -2.17. The van der Waals surface area contributed by atoms with Crippen LogP contribution in [0.3, 0.4) is 0 Å². The number of nitrogens with zero attached hydrogens (tertiary/aromatic N) is 1. The van der Waals surface area contributed by atoms with Crippen molar-refractivity contribution in [2.45, 2.75) is 19.3 Å². The smallest absolute Gasteiger partial charge is 0.245 e. The molecule has 144 valence electrons. The van der Waals surface area contributed by atoms with Gasteiger partial charge in [0.2, 0.25) is 11.8 Å². The molecule has 28 heavy (non-hydrogen) atoms. The van der Waals surface area contributed by atoms with E-state index in [-0.39, 0.29) is 18.4 Å². The Kier molecular flexibility index (Phi) is 6.45. The lowest BCUT2D eigenvalue weighted by Crippen LogP contribution is -2.36. The average Bonchev–Trinajstić information content (AvgIpc) is 3.10. The number of nitrogens with one attached hydrogen (secondary N) is 2. The molecule has 0 saturated heterocycles. The molecule has 0 aliphatic carbocycles. The lowest BCUT2D eigenvalue weighted by atomic mass is 9.91. The number of rotatable bonds is 7. The first-order chi connectivity index (χ1) is 13.5. The van der Waals surface area contributed by atoms with Gasteiger partial charge in [0.15, 0.2) is 5.82 Å². The highest BCUT2D eigenvalue weighted by molar-refractivity contribution is 6.30. The summed E-state index contributed by atoms with van der Waals surface area (Å²) in [5.41, 5.74) is 1.86. The summed E-state index contributed by atoms with van der Waals surface area (Å²) in [5, 5.41) is 9.58. The van der Waals surface area contributed by atoms with E-state index in [0.29, 0.717) is 23.0 Å². The molecule has 1 unspecified atom stereocenters. The number of carbonyl (C=O) groups is 2. The molecule has 0 aliphatic rings. The average molecular weight is 398 g/mol. The minimum Gasteiger partial charge on any atom is -0.360 e. The molecular formula is C21H20ClN3O3. The number of carbonyl (C=O) groups excluding carboxylic acids is 2. The van der Waals surface area contributed by atoms with E-state index >= 15 is 0 Å². The summed E-state index contributed by atoms with van der Waals surface area (Å²) in [6.45, 7) is 1.56. The second kappa shape index (κ2) is 9.19. The van der Waals surface area contributed by atoms with E-state index in [9.17, 15) is 9.59 Å². The van der Waals surface area contributed by atoms with Crippen LogP contribution in [0.4, 0.5) is 5.82 Å². The summed E-state index contributed by atoms with van der Waals surface area (Å²) in [6, 6.07) is 18.5. The van der Waals surface area contributed by atoms with Crippen LogP contribution < -0.4 is 10.6 Å². The second-order valence-electron chi connectivity index (χ2n) is 6.38. The molecule has 0 spiro atoms. The first kappa shape index (κ1) is 19.6. The van der Waals surface area contributed by atoms with E-state index in [2.05, 4.69) is 15.8 Å². The SMILES string of the molecule is Cc1cc(NC(=O)CNC(=O)C(Cc2ccccc2)c2ccc(Cl)cc2)no1. The molecule has 7 heteroatoms. The van der Waals surface area contributed by atoms with E-state index in [1.54, 1.807) is 25.1 Å². The molecule has 1 aromatic heterocycles. The van der Waals surface area contributed by atoms with E-state index < -0.39 is 5.92 Å². The van der Waals surface area contributed by atoms with Crippen molar-refractivity contribution in [2.24, 2.45) is 0 Å². The molecule has 1 atom stereocenters. The molecule has 6 nitrogen and oxygen atoms in total. The van der Waals surface area contributed by atoms with Crippen molar-refractivity contribution in [2.75, 3.05) is 11.9 Å². The van der Waals surface area contributed by atoms with Crippen molar-refractivity contribution < 1.29 is 14.1 Å². The maximum absolute atomic E-state index is 12.8. The monoisotopic (exact) mass is 397 g/mol. The Hall–Kier alpha value is -3.12. The number of anilines is 1. The van der Waals surface area contributed by atoms with E-state index in [0.717, 1.165) is 11.1 Å². The van der Waals surface area contributed by atoms with Gasteiger partial charge >= 0.3 is 0 Å². The fraction of sp³-hybridized carbons (Fsp3) is 0.190. The van der Waals surface area contributed by atoms with Crippen LogP contribution in [0.15, 0.2) is 65.2 Å². The van der Waals surface area contributed by atoms with Gasteiger partial charge in [-0.25, -0.2) is 0 Å². The van der Waals surface area contributed by atoms with Crippen molar-refractivity contribution in [1.29, 1.82) is 0 Å². The minimum absolute atomic E-state index is 0.163.